The van der Waals surface area contributed by atoms with Crippen LogP contribution in [-0.4, -0.2) is 92.5 Å². The molecule has 33 heteroatoms. The first-order valence-electron chi connectivity index (χ1n) is 33.9. The van der Waals surface area contributed by atoms with Crippen molar-refractivity contribution in [3.05, 3.63) is 225 Å². The van der Waals surface area contributed by atoms with Gasteiger partial charge in [0.15, 0.2) is 0 Å². The molecular formula is C70H111N19O12S2. The summed E-state index contributed by atoms with van der Waals surface area (Å²) in [7, 11) is 0. The molecule has 11 aromatic rings. The van der Waals surface area contributed by atoms with Crippen molar-refractivity contribution in [3.63, 3.8) is 0 Å². The van der Waals surface area contributed by atoms with Gasteiger partial charge in [-0.15, -0.1) is 0 Å². The number of azo groups is 1. The molecule has 0 aromatic carbocycles. The number of hydrogen-bond donors (Lipinski definition) is 11. The summed E-state index contributed by atoms with van der Waals surface area (Å²) in [5.74, 6) is 7.46. The van der Waals surface area contributed by atoms with Crippen molar-refractivity contribution < 1.29 is 22.3 Å². The number of hydrogen-bond acceptors (Lipinski definition) is 22. The van der Waals surface area contributed by atoms with Crippen LogP contribution in [0.3, 0.4) is 0 Å². The Balaban J connectivity index is 0.000000562. The topological polar surface area (TPSA) is 461 Å². The Kier molecular flexibility index (Phi) is 43.7. The van der Waals surface area contributed by atoms with Gasteiger partial charge in [0, 0.05) is 106 Å². The molecule has 0 saturated heterocycles. The lowest BCUT2D eigenvalue weighted by Gasteiger charge is -1.99. The van der Waals surface area contributed by atoms with E-state index in [2.05, 4.69) is 193 Å². The van der Waals surface area contributed by atoms with Crippen LogP contribution in [0.25, 0.3) is 0 Å². The van der Waals surface area contributed by atoms with Gasteiger partial charge in [-0.25, -0.2) is 24.4 Å². The Morgan fingerprint density at radius 1 is 0.369 bits per heavy atom. The number of nitrogens with one attached hydrogen (secondary N) is 11. The average molecular weight is 1470 g/mol. The standard InChI is InChI=1S/3C6H10N2.5C6H9NO2.2C6H9NOS.2C5H9N3/c2*1-5(2)6-3-7-4-8-6;1-5(2)6-3-7-8-4-6;3*1-4(2)5-3-7-6(8)9-5;2*1-4(2)5-3-6(8)7-9-5;2*1-4(2)5-3-7-6(8)9-5;2*1-4(2)5-3-6-8-7-5/h2*3-5H,1-2H3,(H,7,8);3,5H,4H2,1-2H3;7*3-4H,1-2H3,(H,7,8);2*3-4H,1-2H3,(H,6,7,8). The molecule has 12 rings (SSSR count). The maximum Gasteiger partial charge on any atom is 0.416 e. The maximum atomic E-state index is 10.6. The monoisotopic (exact) mass is 1470 g/mol. The molecule has 0 fully saturated rings. The second-order valence-electron chi connectivity index (χ2n) is 26.4. The highest BCUT2D eigenvalue weighted by Gasteiger charge is 2.09. The molecule has 0 atom stereocenters. The quantitative estimate of drug-likeness (QED) is 0.0541. The summed E-state index contributed by atoms with van der Waals surface area (Å²) in [6.45, 7) is 49.9. The molecule has 0 unspecified atom stereocenters. The summed E-state index contributed by atoms with van der Waals surface area (Å²) >= 11 is 2.57. The fraction of sp³-hybridized carbons (Fsp3) is 0.529. The second kappa shape index (κ2) is 49.5. The summed E-state index contributed by atoms with van der Waals surface area (Å²) in [6.07, 6.45) is 20.8. The van der Waals surface area contributed by atoms with Crippen molar-refractivity contribution in [2.75, 3.05) is 6.54 Å². The van der Waals surface area contributed by atoms with E-state index in [1.54, 1.807) is 56.0 Å². The van der Waals surface area contributed by atoms with Gasteiger partial charge >= 0.3 is 27.0 Å². The minimum Gasteiger partial charge on any atom is -0.413 e. The van der Waals surface area contributed by atoms with Gasteiger partial charge < -0.3 is 42.2 Å². The van der Waals surface area contributed by atoms with Crippen LogP contribution < -0.4 is 38.1 Å². The molecular weight excluding hydrogens is 1360 g/mol. The fourth-order valence-electron chi connectivity index (χ4n) is 6.82. The lowest BCUT2D eigenvalue weighted by molar-refractivity contribution is 0.367. The molecule has 31 nitrogen and oxygen atoms in total. The van der Waals surface area contributed by atoms with E-state index < -0.39 is 0 Å². The van der Waals surface area contributed by atoms with Crippen LogP contribution in [0.5, 0.6) is 0 Å². The van der Waals surface area contributed by atoms with Crippen molar-refractivity contribution in [1.29, 1.82) is 0 Å². The molecule has 0 aliphatic carbocycles. The minimum absolute atomic E-state index is 0.0405. The summed E-state index contributed by atoms with van der Waals surface area (Å²) in [6, 6.07) is 2.93. The molecule has 0 spiro atoms. The zero-order chi connectivity index (χ0) is 77.9. The summed E-state index contributed by atoms with van der Waals surface area (Å²) in [5, 5.41) is 32.2. The van der Waals surface area contributed by atoms with Crippen LogP contribution >= 0.6 is 22.7 Å². The molecule has 0 amide bonds. The van der Waals surface area contributed by atoms with Gasteiger partial charge in [-0.2, -0.15) is 51.4 Å². The van der Waals surface area contributed by atoms with Gasteiger partial charge in [0.1, 0.15) is 28.8 Å². The molecule has 11 aromatic heterocycles. The van der Waals surface area contributed by atoms with E-state index in [0.717, 1.165) is 27.7 Å². The highest BCUT2D eigenvalue weighted by Crippen LogP contribution is 2.18. The number of rotatable bonds is 12. The predicted molar refractivity (Wildman–Crippen MR) is 404 cm³/mol. The Morgan fingerprint density at radius 2 is 0.709 bits per heavy atom. The van der Waals surface area contributed by atoms with E-state index in [-0.39, 0.29) is 67.7 Å². The number of aromatic amines is 11. The van der Waals surface area contributed by atoms with Gasteiger partial charge in [0.25, 0.3) is 11.1 Å². The minimum atomic E-state index is -0.376. The number of H-pyrrole nitrogens is 11. The first-order valence-corrected chi connectivity index (χ1v) is 35.6. The number of nitrogens with zero attached hydrogens (tertiary/aromatic N) is 8. The number of imidazole rings is 2. The first-order chi connectivity index (χ1) is 48.4. The fourth-order valence-corrected chi connectivity index (χ4v) is 8.19. The molecule has 0 radical (unpaired) electrons. The normalized spacial score (nSPS) is 11.0. The zero-order valence-corrected chi connectivity index (χ0v) is 65.6. The van der Waals surface area contributed by atoms with Crippen LogP contribution in [0, 0.1) is 5.92 Å². The van der Waals surface area contributed by atoms with Crippen LogP contribution in [0.15, 0.2) is 158 Å². The Bertz CT molecular complexity index is 3660. The van der Waals surface area contributed by atoms with Gasteiger partial charge in [0.2, 0.25) is 0 Å². The van der Waals surface area contributed by atoms with Crippen molar-refractivity contribution in [2.24, 2.45) is 16.1 Å². The molecule has 570 valence electrons. The third-order valence-electron chi connectivity index (χ3n) is 13.4. The lowest BCUT2D eigenvalue weighted by atomic mass is 10.1. The van der Waals surface area contributed by atoms with Crippen LogP contribution in [0.1, 0.15) is 293 Å². The molecule has 103 heavy (non-hydrogen) atoms. The maximum absolute atomic E-state index is 10.6. The lowest BCUT2D eigenvalue weighted by Crippen LogP contribution is -1.93. The van der Waals surface area contributed by atoms with E-state index in [0.29, 0.717) is 70.2 Å². The molecule has 1 aliphatic heterocycles. The van der Waals surface area contributed by atoms with E-state index in [9.17, 15) is 33.6 Å². The number of thiazole rings is 2. The Hall–Kier alpha value is -10.1. The number of aromatic nitrogens is 17. The highest BCUT2D eigenvalue weighted by molar-refractivity contribution is 7.09. The molecule has 0 bridgehead atoms. The third kappa shape index (κ3) is 40.3. The van der Waals surface area contributed by atoms with E-state index in [1.165, 1.54) is 51.8 Å². The average Bonchev–Trinajstić information content (AvgIpc) is 1.81. The highest BCUT2D eigenvalue weighted by atomic mass is 32.1. The van der Waals surface area contributed by atoms with Crippen LogP contribution in [-0.2, 0) is 0 Å². The summed E-state index contributed by atoms with van der Waals surface area (Å²) < 4.78 is 23.8. The van der Waals surface area contributed by atoms with Crippen molar-refractivity contribution in [2.45, 2.75) is 231 Å². The Labute approximate surface area is 607 Å². The molecule has 12 heterocycles. The van der Waals surface area contributed by atoms with Gasteiger partial charge in [0.05, 0.1) is 49.2 Å². The first kappa shape index (κ1) is 91.0. The van der Waals surface area contributed by atoms with Crippen LogP contribution in [0.4, 0.5) is 0 Å². The Morgan fingerprint density at radius 3 is 0.825 bits per heavy atom. The largest absolute Gasteiger partial charge is 0.416 e. The van der Waals surface area contributed by atoms with E-state index in [4.69, 9.17) is 22.3 Å². The molecule has 1 aliphatic rings. The number of oxazole rings is 3. The van der Waals surface area contributed by atoms with Gasteiger partial charge in [-0.3, -0.25) is 34.1 Å². The van der Waals surface area contributed by atoms with Crippen molar-refractivity contribution in [1.82, 2.24) is 86.0 Å². The van der Waals surface area contributed by atoms with Gasteiger partial charge in [-0.1, -0.05) is 189 Å². The van der Waals surface area contributed by atoms with E-state index in [1.807, 2.05) is 87.8 Å². The SMILES string of the molecule is CC(C)C1=CN=NC1.CC(C)c1c[nH]c(=O)o1.CC(C)c1c[nH]c(=O)o1.CC(C)c1c[nH]c(=O)o1.CC(C)c1c[nH]c(=O)s1.CC(C)c1c[nH]c(=O)s1.CC(C)c1cc(=O)[nH]o1.CC(C)c1cc(=O)[nH]o1.CC(C)c1cn[nH]n1.CC(C)c1cn[nH]n1.CC(C)c1cnc[nH]1.CC(C)c1cnc[nH]1. The third-order valence-corrected chi connectivity index (χ3v) is 15.7. The van der Waals surface area contributed by atoms with Crippen molar-refractivity contribution in [3.8, 4) is 0 Å². The molecule has 11 N–H and O–H groups in total. The molecule has 0 saturated carbocycles. The van der Waals surface area contributed by atoms with E-state index >= 15 is 0 Å². The van der Waals surface area contributed by atoms with Gasteiger partial charge in [-0.05, 0) is 47.0 Å². The second-order valence-corrected chi connectivity index (χ2v) is 28.5. The predicted octanol–water partition coefficient (Wildman–Crippen LogP) is 15.5. The smallest absolute Gasteiger partial charge is 0.413 e. The summed E-state index contributed by atoms with van der Waals surface area (Å²) in [4.78, 5) is 102. The summed E-state index contributed by atoms with van der Waals surface area (Å²) in [5.41, 5.74) is 5.44. The zero-order valence-electron chi connectivity index (χ0n) is 64.0. The van der Waals surface area contributed by atoms with Crippen molar-refractivity contribution >= 4 is 22.7 Å². The van der Waals surface area contributed by atoms with Crippen LogP contribution in [0.2, 0.25) is 0 Å².